The summed E-state index contributed by atoms with van der Waals surface area (Å²) in [6, 6.07) is 17.1. The number of hydrogen-bond acceptors (Lipinski definition) is 0. The van der Waals surface area contributed by atoms with Crippen LogP contribution in [0.3, 0.4) is 0 Å². The molecule has 1 radical (unpaired) electrons. The van der Waals surface area contributed by atoms with E-state index in [9.17, 15) is 13.2 Å². The minimum atomic E-state index is -4.28. The molecule has 113 valence electrons. The van der Waals surface area contributed by atoms with Gasteiger partial charge in [0.05, 0.1) is 5.56 Å². The second kappa shape index (κ2) is 8.12. The SMILES string of the molecule is FC(F)(F)c1ccc(-c2cc3ccccc3[cH-]2)cc1.[Cl-].[Cl-].[Ti+3]. The summed E-state index contributed by atoms with van der Waals surface area (Å²) < 4.78 is 37.5. The topological polar surface area (TPSA) is 0 Å². The van der Waals surface area contributed by atoms with Gasteiger partial charge in [0.2, 0.25) is 0 Å². The quantitative estimate of drug-likeness (QED) is 0.387. The van der Waals surface area contributed by atoms with E-state index >= 15 is 0 Å². The summed E-state index contributed by atoms with van der Waals surface area (Å²) in [6.07, 6.45) is -4.28. The molecule has 3 rings (SSSR count). The van der Waals surface area contributed by atoms with Gasteiger partial charge in [-0.15, -0.1) is 34.5 Å². The first-order valence-corrected chi connectivity index (χ1v) is 5.87. The van der Waals surface area contributed by atoms with Crippen molar-refractivity contribution in [3.63, 3.8) is 0 Å². The first kappa shape index (κ1) is 21.1. The van der Waals surface area contributed by atoms with Gasteiger partial charge in [0.15, 0.2) is 0 Å². The van der Waals surface area contributed by atoms with Crippen LogP contribution in [0.15, 0.2) is 60.7 Å². The molecule has 3 aromatic carbocycles. The molecule has 6 heteroatoms. The van der Waals surface area contributed by atoms with Gasteiger partial charge < -0.3 is 24.8 Å². The molecule has 0 bridgehead atoms. The summed E-state index contributed by atoms with van der Waals surface area (Å²) in [5.74, 6) is 0. The Bertz CT molecular complexity index is 685. The number of fused-ring (bicyclic) bond motifs is 1. The van der Waals surface area contributed by atoms with E-state index in [4.69, 9.17) is 0 Å². The third-order valence-electron chi connectivity index (χ3n) is 3.16. The molecule has 3 aromatic rings. The second-order valence-electron chi connectivity index (χ2n) is 4.45. The molecule has 0 atom stereocenters. The van der Waals surface area contributed by atoms with Crippen LogP contribution in [-0.4, -0.2) is 0 Å². The second-order valence-corrected chi connectivity index (χ2v) is 4.45. The minimum Gasteiger partial charge on any atom is -1.00 e. The van der Waals surface area contributed by atoms with Crippen molar-refractivity contribution in [3.8, 4) is 11.1 Å². The predicted molar refractivity (Wildman–Crippen MR) is 70.0 cm³/mol. The molecule has 0 aliphatic carbocycles. The molecule has 0 aliphatic rings. The van der Waals surface area contributed by atoms with E-state index in [-0.39, 0.29) is 46.5 Å². The Balaban J connectivity index is 0.00000147. The van der Waals surface area contributed by atoms with E-state index in [1.54, 1.807) is 0 Å². The maximum Gasteiger partial charge on any atom is 3.00 e. The van der Waals surface area contributed by atoms with Crippen LogP contribution in [-0.2, 0) is 27.9 Å². The largest absolute Gasteiger partial charge is 3.00 e. The molecule has 0 spiro atoms. The molecular formula is C16H10Cl2F3Ti. The van der Waals surface area contributed by atoms with Gasteiger partial charge in [-0.1, -0.05) is 48.0 Å². The molecular weight excluding hydrogens is 368 g/mol. The number of benzene rings is 2. The van der Waals surface area contributed by atoms with Gasteiger partial charge in [-0.05, 0) is 0 Å². The summed E-state index contributed by atoms with van der Waals surface area (Å²) >= 11 is 0. The summed E-state index contributed by atoms with van der Waals surface area (Å²) in [5, 5.41) is 2.19. The van der Waals surface area contributed by atoms with Gasteiger partial charge in [-0.2, -0.15) is 13.2 Å². The zero-order chi connectivity index (χ0) is 13.5. The molecule has 0 fully saturated rings. The molecule has 0 N–H and O–H groups in total. The van der Waals surface area contributed by atoms with Crippen LogP contribution in [0, 0.1) is 0 Å². The average Bonchev–Trinajstić information content (AvgIpc) is 2.81. The van der Waals surface area contributed by atoms with E-state index in [2.05, 4.69) is 0 Å². The van der Waals surface area contributed by atoms with Crippen LogP contribution < -0.4 is 24.8 Å². The smallest absolute Gasteiger partial charge is 1.00 e. The number of rotatable bonds is 1. The molecule has 0 aliphatic heterocycles. The fourth-order valence-electron chi connectivity index (χ4n) is 2.17. The van der Waals surface area contributed by atoms with Gasteiger partial charge in [0.25, 0.3) is 0 Å². The molecule has 0 unspecified atom stereocenters. The first-order valence-electron chi connectivity index (χ1n) is 5.87. The molecule has 0 heterocycles. The van der Waals surface area contributed by atoms with Crippen LogP contribution in [0.2, 0.25) is 0 Å². The maximum absolute atomic E-state index is 12.5. The zero-order valence-corrected chi connectivity index (χ0v) is 14.2. The first-order chi connectivity index (χ1) is 9.04. The number of halogens is 5. The summed E-state index contributed by atoms with van der Waals surface area (Å²) in [4.78, 5) is 0. The molecule has 22 heavy (non-hydrogen) atoms. The Morgan fingerprint density at radius 3 is 1.95 bits per heavy atom. The standard InChI is InChI=1S/C16H10F3.2ClH.Ti/c17-16(18,19)15-7-5-11(6-8-15)14-9-12-3-1-2-4-13(12)10-14;;;/h1-10H;2*1H;/q-1;;;+3/p-2. The van der Waals surface area contributed by atoms with Gasteiger partial charge >= 0.3 is 27.9 Å². The van der Waals surface area contributed by atoms with Crippen molar-refractivity contribution in [3.05, 3.63) is 66.2 Å². The normalized spacial score (nSPS) is 10.3. The molecule has 0 saturated heterocycles. The van der Waals surface area contributed by atoms with Crippen molar-refractivity contribution >= 4 is 10.8 Å². The molecule has 0 saturated carbocycles. The van der Waals surface area contributed by atoms with Gasteiger partial charge in [-0.3, -0.25) is 0 Å². The Kier molecular flexibility index (Phi) is 7.80. The van der Waals surface area contributed by atoms with Gasteiger partial charge in [0.1, 0.15) is 0 Å². The van der Waals surface area contributed by atoms with Crippen molar-refractivity contribution in [2.45, 2.75) is 6.18 Å². The van der Waals surface area contributed by atoms with Crippen molar-refractivity contribution in [1.82, 2.24) is 0 Å². The maximum atomic E-state index is 12.5. The minimum absolute atomic E-state index is 0. The Morgan fingerprint density at radius 1 is 0.818 bits per heavy atom. The third-order valence-corrected chi connectivity index (χ3v) is 3.16. The van der Waals surface area contributed by atoms with Crippen LogP contribution in [0.5, 0.6) is 0 Å². The van der Waals surface area contributed by atoms with E-state index < -0.39 is 11.7 Å². The Labute approximate surface area is 153 Å². The fraction of sp³-hybridized carbons (Fsp3) is 0.0625. The van der Waals surface area contributed by atoms with Crippen LogP contribution in [0.4, 0.5) is 13.2 Å². The average molecular weight is 378 g/mol. The van der Waals surface area contributed by atoms with E-state index in [1.807, 2.05) is 36.4 Å². The van der Waals surface area contributed by atoms with Crippen LogP contribution in [0.25, 0.3) is 21.9 Å². The van der Waals surface area contributed by atoms with Gasteiger partial charge in [0, 0.05) is 0 Å². The fourth-order valence-corrected chi connectivity index (χ4v) is 2.17. The molecule has 0 nitrogen and oxygen atoms in total. The predicted octanol–water partition coefficient (Wildman–Crippen LogP) is -0.750. The van der Waals surface area contributed by atoms with Crippen molar-refractivity contribution in [1.29, 1.82) is 0 Å². The molecule has 0 amide bonds. The zero-order valence-electron chi connectivity index (χ0n) is 11.2. The van der Waals surface area contributed by atoms with Gasteiger partial charge in [-0.25, -0.2) is 0 Å². The summed E-state index contributed by atoms with van der Waals surface area (Å²) in [6.45, 7) is 0. The summed E-state index contributed by atoms with van der Waals surface area (Å²) in [5.41, 5.74) is 1.12. The van der Waals surface area contributed by atoms with Crippen LogP contribution in [0.1, 0.15) is 5.56 Å². The number of hydrogen-bond donors (Lipinski definition) is 0. The molecule has 0 aromatic heterocycles. The summed E-state index contributed by atoms with van der Waals surface area (Å²) in [7, 11) is 0. The van der Waals surface area contributed by atoms with E-state index in [0.29, 0.717) is 0 Å². The van der Waals surface area contributed by atoms with Crippen molar-refractivity contribution in [2.75, 3.05) is 0 Å². The third kappa shape index (κ3) is 4.33. The van der Waals surface area contributed by atoms with Crippen LogP contribution >= 0.6 is 0 Å². The monoisotopic (exact) mass is 377 g/mol. The van der Waals surface area contributed by atoms with Crippen molar-refractivity contribution in [2.24, 2.45) is 0 Å². The Morgan fingerprint density at radius 2 is 1.41 bits per heavy atom. The van der Waals surface area contributed by atoms with E-state index in [1.165, 1.54) is 12.1 Å². The Hall–Kier alpha value is -0.866. The van der Waals surface area contributed by atoms with Crippen molar-refractivity contribution < 1.29 is 59.7 Å². The number of alkyl halides is 3. The van der Waals surface area contributed by atoms with E-state index in [0.717, 1.165) is 34.0 Å².